The van der Waals surface area contributed by atoms with Crippen molar-refractivity contribution in [2.75, 3.05) is 4.90 Å². The number of hydrogen-bond acceptors (Lipinski definition) is 5. The van der Waals surface area contributed by atoms with E-state index in [9.17, 15) is 18.0 Å². The molecule has 2 aromatic carbocycles. The van der Waals surface area contributed by atoms with E-state index < -0.39 is 23.7 Å². The van der Waals surface area contributed by atoms with E-state index in [2.05, 4.69) is 27.4 Å². The molecule has 11 heteroatoms. The van der Waals surface area contributed by atoms with Crippen molar-refractivity contribution in [3.05, 3.63) is 95.1 Å². The number of amides is 1. The van der Waals surface area contributed by atoms with E-state index >= 15 is 0 Å². The molecular formula is C28H28F3N7O. The predicted octanol–water partition coefficient (Wildman–Crippen LogP) is 4.86. The molecule has 0 spiro atoms. The number of imidazole rings is 1. The first-order valence-corrected chi connectivity index (χ1v) is 12.8. The lowest BCUT2D eigenvalue weighted by Gasteiger charge is -2.39. The molecule has 1 amide bonds. The number of aromatic nitrogens is 5. The first-order valence-electron chi connectivity index (χ1n) is 12.8. The number of carbonyl (C=O) groups is 1. The fourth-order valence-corrected chi connectivity index (χ4v) is 5.51. The number of benzene rings is 2. The highest BCUT2D eigenvalue weighted by molar-refractivity contribution is 6.10. The van der Waals surface area contributed by atoms with Crippen LogP contribution in [-0.4, -0.2) is 35.8 Å². The standard InChI is InChI=1S/C28H28F3N7O/c1-27(7-4-8-27)33-14-18-11-21-22(23(12-18)28(29,30)31)15-38(26(21)39)20-6-3-5-19(13-20)24(37-10-9-32-16-37)25-35-34-17-36(25)2/h3,5-6,9-13,16-17,24,33H,4,7-8,14-15H2,1-2H3/t24-/m1/s1. The maximum Gasteiger partial charge on any atom is 0.416 e. The second kappa shape index (κ2) is 9.33. The average molecular weight is 536 g/mol. The van der Waals surface area contributed by atoms with Crippen LogP contribution in [0.1, 0.15) is 70.7 Å². The van der Waals surface area contributed by atoms with Gasteiger partial charge in [-0.15, -0.1) is 10.2 Å². The molecule has 2 aliphatic rings. The van der Waals surface area contributed by atoms with Gasteiger partial charge in [0.05, 0.1) is 18.4 Å². The van der Waals surface area contributed by atoms with Crippen LogP contribution in [-0.2, 0) is 26.3 Å². The van der Waals surface area contributed by atoms with E-state index in [0.29, 0.717) is 17.1 Å². The summed E-state index contributed by atoms with van der Waals surface area (Å²) in [5.41, 5.74) is 1.05. The van der Waals surface area contributed by atoms with Crippen LogP contribution in [0.3, 0.4) is 0 Å². The Bertz CT molecular complexity index is 1520. The van der Waals surface area contributed by atoms with Gasteiger partial charge in [-0.05, 0) is 67.1 Å². The number of alkyl halides is 3. The highest BCUT2D eigenvalue weighted by Crippen LogP contribution is 2.40. The Morgan fingerprint density at radius 1 is 1.15 bits per heavy atom. The molecule has 202 valence electrons. The maximum absolute atomic E-state index is 14.2. The third-order valence-corrected chi connectivity index (χ3v) is 7.89. The Kier molecular flexibility index (Phi) is 6.05. The topological polar surface area (TPSA) is 80.9 Å². The van der Waals surface area contributed by atoms with Gasteiger partial charge in [0, 0.05) is 42.8 Å². The van der Waals surface area contributed by atoms with Gasteiger partial charge < -0.3 is 19.4 Å². The molecule has 8 nitrogen and oxygen atoms in total. The summed E-state index contributed by atoms with van der Waals surface area (Å²) in [6.45, 7) is 2.20. The fraction of sp³-hybridized carbons (Fsp3) is 0.357. The Morgan fingerprint density at radius 3 is 2.62 bits per heavy atom. The lowest BCUT2D eigenvalue weighted by molar-refractivity contribution is -0.138. The Hall–Kier alpha value is -3.99. The van der Waals surface area contributed by atoms with Gasteiger partial charge in [0.15, 0.2) is 5.82 Å². The van der Waals surface area contributed by atoms with Crippen LogP contribution in [0.15, 0.2) is 61.4 Å². The van der Waals surface area contributed by atoms with Gasteiger partial charge in [0.1, 0.15) is 12.4 Å². The molecule has 0 radical (unpaired) electrons. The summed E-state index contributed by atoms with van der Waals surface area (Å²) >= 11 is 0. The lowest BCUT2D eigenvalue weighted by atomic mass is 9.78. The van der Waals surface area contributed by atoms with E-state index in [1.165, 1.54) is 11.0 Å². The average Bonchev–Trinajstić information content (AvgIpc) is 3.63. The molecule has 1 aliphatic heterocycles. The summed E-state index contributed by atoms with van der Waals surface area (Å²) in [4.78, 5) is 19.2. The van der Waals surface area contributed by atoms with E-state index in [1.54, 1.807) is 47.8 Å². The van der Waals surface area contributed by atoms with Gasteiger partial charge in [-0.2, -0.15) is 13.2 Å². The zero-order valence-electron chi connectivity index (χ0n) is 21.6. The van der Waals surface area contributed by atoms with Crippen molar-refractivity contribution < 1.29 is 18.0 Å². The highest BCUT2D eigenvalue weighted by Gasteiger charge is 2.41. The summed E-state index contributed by atoms with van der Waals surface area (Å²) < 4.78 is 46.2. The van der Waals surface area contributed by atoms with E-state index in [1.807, 2.05) is 23.7 Å². The number of hydrogen-bond donors (Lipinski definition) is 1. The molecule has 1 saturated carbocycles. The first-order chi connectivity index (χ1) is 18.6. The van der Waals surface area contributed by atoms with Gasteiger partial charge in [-0.3, -0.25) is 4.79 Å². The van der Waals surface area contributed by atoms with Crippen LogP contribution >= 0.6 is 0 Å². The van der Waals surface area contributed by atoms with Gasteiger partial charge in [-0.1, -0.05) is 12.1 Å². The monoisotopic (exact) mass is 535 g/mol. The normalized spacial score (nSPS) is 17.3. The SMILES string of the molecule is Cn1cnnc1[C@@H](c1cccc(N2Cc3c(cc(CNC4(C)CCC4)cc3C(F)(F)F)C2=O)c1)n1ccnc1. The Labute approximate surface area is 223 Å². The number of halogens is 3. The van der Waals surface area contributed by atoms with E-state index in [4.69, 9.17) is 0 Å². The summed E-state index contributed by atoms with van der Waals surface area (Å²) in [6.07, 6.45) is 5.23. The van der Waals surface area contributed by atoms with E-state index in [-0.39, 0.29) is 29.8 Å². The quantitative estimate of drug-likeness (QED) is 0.366. The van der Waals surface area contributed by atoms with Crippen LogP contribution in [0.25, 0.3) is 0 Å². The van der Waals surface area contributed by atoms with Crippen molar-refractivity contribution in [1.82, 2.24) is 29.6 Å². The van der Waals surface area contributed by atoms with Crippen LogP contribution in [0.2, 0.25) is 0 Å². The molecule has 0 saturated heterocycles. The molecule has 0 bridgehead atoms. The van der Waals surface area contributed by atoms with Crippen LogP contribution in [0.5, 0.6) is 0 Å². The first kappa shape index (κ1) is 25.3. The molecule has 6 rings (SSSR count). The van der Waals surface area contributed by atoms with Crippen LogP contribution in [0, 0.1) is 0 Å². The Morgan fingerprint density at radius 2 is 1.97 bits per heavy atom. The highest BCUT2D eigenvalue weighted by atomic mass is 19.4. The van der Waals surface area contributed by atoms with Crippen molar-refractivity contribution in [3.8, 4) is 0 Å². The number of aryl methyl sites for hydroxylation is 1. The molecular weight excluding hydrogens is 507 g/mol. The number of fused-ring (bicyclic) bond motifs is 1. The minimum Gasteiger partial charge on any atom is -0.323 e. The van der Waals surface area contributed by atoms with Crippen LogP contribution < -0.4 is 10.2 Å². The van der Waals surface area contributed by atoms with Gasteiger partial charge in [0.25, 0.3) is 5.91 Å². The van der Waals surface area contributed by atoms with E-state index in [0.717, 1.165) is 24.8 Å². The predicted molar refractivity (Wildman–Crippen MR) is 138 cm³/mol. The van der Waals surface area contributed by atoms with Crippen molar-refractivity contribution in [2.45, 2.75) is 57.0 Å². The van der Waals surface area contributed by atoms with Crippen molar-refractivity contribution in [2.24, 2.45) is 7.05 Å². The molecule has 1 atom stereocenters. The van der Waals surface area contributed by atoms with Crippen molar-refractivity contribution in [3.63, 3.8) is 0 Å². The maximum atomic E-state index is 14.2. The minimum atomic E-state index is -4.57. The largest absolute Gasteiger partial charge is 0.416 e. The lowest BCUT2D eigenvalue weighted by Crippen LogP contribution is -2.47. The molecule has 3 heterocycles. The summed E-state index contributed by atoms with van der Waals surface area (Å²) in [6, 6.07) is 9.64. The summed E-state index contributed by atoms with van der Waals surface area (Å²) in [7, 11) is 1.83. The Balaban J connectivity index is 1.35. The minimum absolute atomic E-state index is 0.0102. The molecule has 4 aromatic rings. The van der Waals surface area contributed by atoms with Gasteiger partial charge in [-0.25, -0.2) is 4.98 Å². The molecule has 1 fully saturated rings. The number of nitrogens with zero attached hydrogens (tertiary/aromatic N) is 6. The molecule has 2 aromatic heterocycles. The third kappa shape index (κ3) is 4.60. The number of nitrogens with one attached hydrogen (secondary N) is 1. The zero-order chi connectivity index (χ0) is 27.4. The third-order valence-electron chi connectivity index (χ3n) is 7.89. The van der Waals surface area contributed by atoms with Crippen LogP contribution in [0.4, 0.5) is 18.9 Å². The number of anilines is 1. The second-order valence-electron chi connectivity index (χ2n) is 10.6. The van der Waals surface area contributed by atoms with Gasteiger partial charge >= 0.3 is 6.18 Å². The number of rotatable bonds is 7. The molecule has 1 N–H and O–H groups in total. The molecule has 39 heavy (non-hydrogen) atoms. The number of carbonyl (C=O) groups excluding carboxylic acids is 1. The molecule has 0 unspecified atom stereocenters. The molecule has 1 aliphatic carbocycles. The fourth-order valence-electron chi connectivity index (χ4n) is 5.51. The van der Waals surface area contributed by atoms with Crippen molar-refractivity contribution >= 4 is 11.6 Å². The second-order valence-corrected chi connectivity index (χ2v) is 10.6. The van der Waals surface area contributed by atoms with Gasteiger partial charge in [0.2, 0.25) is 0 Å². The summed E-state index contributed by atoms with van der Waals surface area (Å²) in [5.74, 6) is 0.208. The smallest absolute Gasteiger partial charge is 0.323 e. The summed E-state index contributed by atoms with van der Waals surface area (Å²) in [5, 5.41) is 11.6. The van der Waals surface area contributed by atoms with Crippen molar-refractivity contribution in [1.29, 1.82) is 0 Å². The zero-order valence-corrected chi connectivity index (χ0v) is 21.6.